The third kappa shape index (κ3) is 1.51. The highest BCUT2D eigenvalue weighted by Gasteiger charge is 2.30. The van der Waals surface area contributed by atoms with Gasteiger partial charge in [-0.2, -0.15) is 0 Å². The molecule has 1 heterocycles. The molecule has 0 radical (unpaired) electrons. The minimum atomic E-state index is -0.437. The summed E-state index contributed by atoms with van der Waals surface area (Å²) in [5.41, 5.74) is 1.10. The van der Waals surface area contributed by atoms with Crippen LogP contribution in [0.1, 0.15) is 29.6 Å². The Bertz CT molecular complexity index is 641. The van der Waals surface area contributed by atoms with Gasteiger partial charge >= 0.3 is 0 Å². The SMILES string of the molecule is O=C(c1c[nH]c2cccc([N+](=O)[O-])c12)C1CCC1. The van der Waals surface area contributed by atoms with E-state index in [0.717, 1.165) is 19.3 Å². The van der Waals surface area contributed by atoms with Crippen molar-refractivity contribution in [2.24, 2.45) is 5.92 Å². The van der Waals surface area contributed by atoms with E-state index in [1.54, 1.807) is 18.3 Å². The molecule has 0 aliphatic heterocycles. The highest BCUT2D eigenvalue weighted by molar-refractivity contribution is 6.12. The number of Topliss-reactive ketones (excluding diaryl/α,β-unsaturated/α-hetero) is 1. The molecule has 0 spiro atoms. The van der Waals surface area contributed by atoms with Crippen molar-refractivity contribution >= 4 is 22.4 Å². The predicted molar refractivity (Wildman–Crippen MR) is 66.6 cm³/mol. The summed E-state index contributed by atoms with van der Waals surface area (Å²) in [6, 6.07) is 4.81. The summed E-state index contributed by atoms with van der Waals surface area (Å²) in [6.07, 6.45) is 4.46. The number of rotatable bonds is 3. The van der Waals surface area contributed by atoms with Gasteiger partial charge in [0.15, 0.2) is 5.78 Å². The second kappa shape index (κ2) is 3.94. The van der Waals surface area contributed by atoms with E-state index < -0.39 is 4.92 Å². The zero-order chi connectivity index (χ0) is 12.7. The summed E-state index contributed by atoms with van der Waals surface area (Å²) in [7, 11) is 0. The number of nitro groups is 1. The molecular weight excluding hydrogens is 232 g/mol. The Morgan fingerprint density at radius 1 is 1.39 bits per heavy atom. The number of nitrogens with one attached hydrogen (secondary N) is 1. The van der Waals surface area contributed by atoms with Crippen LogP contribution in [0, 0.1) is 16.0 Å². The van der Waals surface area contributed by atoms with Gasteiger partial charge in [-0.05, 0) is 18.9 Å². The smallest absolute Gasteiger partial charge is 0.279 e. The van der Waals surface area contributed by atoms with Crippen LogP contribution in [-0.2, 0) is 0 Å². The van der Waals surface area contributed by atoms with Gasteiger partial charge in [0.05, 0.1) is 21.4 Å². The fourth-order valence-electron chi connectivity index (χ4n) is 2.40. The minimum Gasteiger partial charge on any atom is -0.360 e. The van der Waals surface area contributed by atoms with Crippen molar-refractivity contribution in [2.75, 3.05) is 0 Å². The molecule has 3 rings (SSSR count). The van der Waals surface area contributed by atoms with Crippen molar-refractivity contribution in [1.29, 1.82) is 0 Å². The van der Waals surface area contributed by atoms with E-state index in [4.69, 9.17) is 0 Å². The van der Waals surface area contributed by atoms with Crippen molar-refractivity contribution in [3.63, 3.8) is 0 Å². The first-order valence-electron chi connectivity index (χ1n) is 5.97. The number of non-ortho nitro benzene ring substituents is 1. The first-order chi connectivity index (χ1) is 8.68. The first-order valence-corrected chi connectivity index (χ1v) is 5.97. The standard InChI is InChI=1S/C13H12N2O3/c16-13(8-3-1-4-8)9-7-14-10-5-2-6-11(12(9)10)15(17)18/h2,5-8,14H,1,3-4H2. The van der Waals surface area contributed by atoms with Gasteiger partial charge in [-0.25, -0.2) is 0 Å². The van der Waals surface area contributed by atoms with Gasteiger partial charge in [0.2, 0.25) is 0 Å². The molecule has 0 saturated heterocycles. The lowest BCUT2D eigenvalue weighted by Gasteiger charge is -2.23. The van der Waals surface area contributed by atoms with Crippen LogP contribution in [0.3, 0.4) is 0 Å². The van der Waals surface area contributed by atoms with E-state index in [9.17, 15) is 14.9 Å². The number of hydrogen-bond donors (Lipinski definition) is 1. The Hall–Kier alpha value is -2.17. The zero-order valence-corrected chi connectivity index (χ0v) is 9.68. The summed E-state index contributed by atoms with van der Waals surface area (Å²) in [6.45, 7) is 0. The van der Waals surface area contributed by atoms with Crippen molar-refractivity contribution in [3.8, 4) is 0 Å². The van der Waals surface area contributed by atoms with E-state index in [0.29, 0.717) is 16.5 Å². The largest absolute Gasteiger partial charge is 0.360 e. The Balaban J connectivity index is 2.17. The number of hydrogen-bond acceptors (Lipinski definition) is 3. The van der Waals surface area contributed by atoms with Crippen LogP contribution in [0.4, 0.5) is 5.69 Å². The van der Waals surface area contributed by atoms with E-state index >= 15 is 0 Å². The number of nitrogens with zero attached hydrogens (tertiary/aromatic N) is 1. The lowest BCUT2D eigenvalue weighted by atomic mass is 9.80. The fraction of sp³-hybridized carbons (Fsp3) is 0.308. The predicted octanol–water partition coefficient (Wildman–Crippen LogP) is 3.06. The maximum atomic E-state index is 12.2. The van der Waals surface area contributed by atoms with Crippen LogP contribution >= 0.6 is 0 Å². The summed E-state index contributed by atoms with van der Waals surface area (Å²) >= 11 is 0. The Morgan fingerprint density at radius 2 is 2.17 bits per heavy atom. The Kier molecular flexibility index (Phi) is 2.40. The molecule has 0 atom stereocenters. The highest BCUT2D eigenvalue weighted by atomic mass is 16.6. The van der Waals surface area contributed by atoms with Crippen molar-refractivity contribution in [1.82, 2.24) is 4.98 Å². The second-order valence-electron chi connectivity index (χ2n) is 4.65. The number of carbonyl (C=O) groups excluding carboxylic acids is 1. The summed E-state index contributed by atoms with van der Waals surface area (Å²) < 4.78 is 0. The number of carbonyl (C=O) groups is 1. The topological polar surface area (TPSA) is 76.0 Å². The van der Waals surface area contributed by atoms with Crippen LogP contribution in [0.2, 0.25) is 0 Å². The summed E-state index contributed by atoms with van der Waals surface area (Å²) in [5, 5.41) is 11.5. The van der Waals surface area contributed by atoms with Gasteiger partial charge in [-0.3, -0.25) is 14.9 Å². The molecule has 1 aliphatic carbocycles. The molecule has 5 nitrogen and oxygen atoms in total. The molecule has 0 bridgehead atoms. The fourth-order valence-corrected chi connectivity index (χ4v) is 2.40. The zero-order valence-electron chi connectivity index (χ0n) is 9.68. The molecule has 1 aliphatic rings. The molecule has 1 saturated carbocycles. The Labute approximate surface area is 103 Å². The van der Waals surface area contributed by atoms with Crippen LogP contribution in [-0.4, -0.2) is 15.7 Å². The van der Waals surface area contributed by atoms with E-state index in [1.165, 1.54) is 6.07 Å². The van der Waals surface area contributed by atoms with Crippen LogP contribution in [0.15, 0.2) is 24.4 Å². The average Bonchev–Trinajstić information content (AvgIpc) is 2.69. The molecule has 1 aromatic heterocycles. The molecule has 1 aromatic carbocycles. The minimum absolute atomic E-state index is 0.00331. The van der Waals surface area contributed by atoms with Gasteiger partial charge in [0.25, 0.3) is 5.69 Å². The molecule has 18 heavy (non-hydrogen) atoms. The number of ketones is 1. The Morgan fingerprint density at radius 3 is 2.78 bits per heavy atom. The number of aromatic nitrogens is 1. The quantitative estimate of drug-likeness (QED) is 0.512. The maximum absolute atomic E-state index is 12.2. The number of benzene rings is 1. The summed E-state index contributed by atoms with van der Waals surface area (Å²) in [4.78, 5) is 25.8. The number of H-pyrrole nitrogens is 1. The van der Waals surface area contributed by atoms with E-state index in [-0.39, 0.29) is 17.4 Å². The highest BCUT2D eigenvalue weighted by Crippen LogP contribution is 2.35. The normalized spacial score (nSPS) is 15.6. The molecule has 1 N–H and O–H groups in total. The molecule has 0 unspecified atom stereocenters. The molecule has 5 heteroatoms. The summed E-state index contributed by atoms with van der Waals surface area (Å²) in [5.74, 6) is 0.0746. The van der Waals surface area contributed by atoms with E-state index in [1.807, 2.05) is 0 Å². The average molecular weight is 244 g/mol. The second-order valence-corrected chi connectivity index (χ2v) is 4.65. The molecule has 0 amide bonds. The lowest BCUT2D eigenvalue weighted by Crippen LogP contribution is -2.21. The van der Waals surface area contributed by atoms with Crippen LogP contribution in [0.5, 0.6) is 0 Å². The van der Waals surface area contributed by atoms with Crippen molar-refractivity contribution in [2.45, 2.75) is 19.3 Å². The van der Waals surface area contributed by atoms with Gasteiger partial charge < -0.3 is 4.98 Å². The molecule has 92 valence electrons. The third-order valence-electron chi connectivity index (χ3n) is 3.62. The molecule has 2 aromatic rings. The van der Waals surface area contributed by atoms with E-state index in [2.05, 4.69) is 4.98 Å². The lowest BCUT2D eigenvalue weighted by molar-refractivity contribution is -0.383. The first kappa shape index (κ1) is 11.0. The van der Waals surface area contributed by atoms with Crippen molar-refractivity contribution < 1.29 is 9.72 Å². The number of nitro benzene ring substituents is 1. The van der Waals surface area contributed by atoms with Crippen molar-refractivity contribution in [3.05, 3.63) is 40.1 Å². The monoisotopic (exact) mass is 244 g/mol. The van der Waals surface area contributed by atoms with Gasteiger partial charge in [0, 0.05) is 18.2 Å². The van der Waals surface area contributed by atoms with Crippen LogP contribution in [0.25, 0.3) is 10.9 Å². The maximum Gasteiger partial charge on any atom is 0.279 e. The van der Waals surface area contributed by atoms with Gasteiger partial charge in [-0.15, -0.1) is 0 Å². The number of aromatic amines is 1. The molecule has 1 fully saturated rings. The molecular formula is C13H12N2O3. The van der Waals surface area contributed by atoms with Crippen LogP contribution < -0.4 is 0 Å². The van der Waals surface area contributed by atoms with Gasteiger partial charge in [-0.1, -0.05) is 12.5 Å². The number of fused-ring (bicyclic) bond motifs is 1. The third-order valence-corrected chi connectivity index (χ3v) is 3.62. The van der Waals surface area contributed by atoms with Gasteiger partial charge in [0.1, 0.15) is 0 Å².